The van der Waals surface area contributed by atoms with E-state index in [9.17, 15) is 35.4 Å². The molecule has 0 bridgehead atoms. The number of aromatic nitrogens is 1. The van der Waals surface area contributed by atoms with Crippen LogP contribution in [0, 0.1) is 40.9 Å². The Hall–Kier alpha value is -4.51. The molecule has 10 nitrogen and oxygen atoms in total. The number of allylic oxidation sites excluding steroid dienone is 3. The summed E-state index contributed by atoms with van der Waals surface area (Å²) in [7, 11) is 0. The number of hydrogen-bond acceptors (Lipinski definition) is 8. The number of phenolic OH excluding ortho intramolecular Hbond substituents is 2. The molecule has 4 aliphatic carbocycles. The van der Waals surface area contributed by atoms with E-state index in [-0.39, 0.29) is 59.0 Å². The molecule has 3 fully saturated rings. The van der Waals surface area contributed by atoms with Crippen LogP contribution in [-0.2, 0) is 17.6 Å². The summed E-state index contributed by atoms with van der Waals surface area (Å²) < 4.78 is 0. The van der Waals surface area contributed by atoms with Crippen molar-refractivity contribution < 1.29 is 35.4 Å². The number of unbranched alkanes of at least 4 members (excludes halogenated alkanes) is 3. The molecule has 10 heteroatoms. The first-order valence-electron chi connectivity index (χ1n) is 27.9. The van der Waals surface area contributed by atoms with Crippen molar-refractivity contribution in [3.8, 4) is 22.8 Å². The molecule has 10 unspecified atom stereocenters. The van der Waals surface area contributed by atoms with Crippen molar-refractivity contribution >= 4 is 5.97 Å². The molecule has 8 rings (SSSR count). The lowest BCUT2D eigenvalue weighted by Crippen LogP contribution is -2.42. The summed E-state index contributed by atoms with van der Waals surface area (Å²) in [5, 5.41) is 73.4. The molecule has 0 spiro atoms. The number of carboxylic acids is 1. The van der Waals surface area contributed by atoms with Gasteiger partial charge in [-0.15, -0.1) is 0 Å². The number of fused-ring (bicyclic) bond motifs is 1. The van der Waals surface area contributed by atoms with Gasteiger partial charge in [0, 0.05) is 53.4 Å². The number of aryl methyl sites for hydroxylation is 1. The summed E-state index contributed by atoms with van der Waals surface area (Å²) in [6, 6.07) is 13.9. The maximum atomic E-state index is 13.4. The topological polar surface area (TPSA) is 192 Å². The fourth-order valence-electron chi connectivity index (χ4n) is 14.5. The average Bonchev–Trinajstić information content (AvgIpc) is 4.10. The van der Waals surface area contributed by atoms with Gasteiger partial charge in [0.15, 0.2) is 0 Å². The summed E-state index contributed by atoms with van der Waals surface area (Å²) in [4.78, 5) is 17.3. The monoisotopic (exact) mass is 974 g/mol. The predicted octanol–water partition coefficient (Wildman–Crippen LogP) is 12.0. The number of hydrogen-bond donors (Lipinski definition) is 9. The second kappa shape index (κ2) is 23.1. The largest absolute Gasteiger partial charge is 0.508 e. The molecule has 5 aliphatic rings. The van der Waals surface area contributed by atoms with Crippen LogP contribution in [0.5, 0.6) is 11.5 Å². The zero-order chi connectivity index (χ0) is 50.5. The molecule has 71 heavy (non-hydrogen) atoms. The van der Waals surface area contributed by atoms with E-state index in [1.807, 2.05) is 0 Å². The van der Waals surface area contributed by atoms with Crippen molar-refractivity contribution in [1.29, 1.82) is 0 Å². The van der Waals surface area contributed by atoms with Gasteiger partial charge < -0.3 is 46.7 Å². The smallest absolute Gasteiger partial charge is 0.309 e. The number of aliphatic carboxylic acids is 1. The number of carboxylic acid groups (broad SMARTS) is 1. The molecule has 1 aromatic heterocycles. The van der Waals surface area contributed by atoms with Crippen molar-refractivity contribution in [1.82, 2.24) is 10.3 Å². The Balaban J connectivity index is 1.13. The highest BCUT2D eigenvalue weighted by Crippen LogP contribution is 2.62. The predicted molar refractivity (Wildman–Crippen MR) is 284 cm³/mol. The van der Waals surface area contributed by atoms with Crippen LogP contribution < -0.4 is 11.1 Å². The molecule has 0 amide bonds. The Morgan fingerprint density at radius 2 is 1.62 bits per heavy atom. The number of H-pyrrole nitrogens is 1. The number of aliphatic hydroxyl groups excluding tert-OH is 2. The van der Waals surface area contributed by atoms with E-state index in [1.54, 1.807) is 6.07 Å². The van der Waals surface area contributed by atoms with Gasteiger partial charge in [0.1, 0.15) is 11.5 Å². The van der Waals surface area contributed by atoms with E-state index in [0.29, 0.717) is 69.1 Å². The van der Waals surface area contributed by atoms with Gasteiger partial charge in [-0.2, -0.15) is 0 Å². The van der Waals surface area contributed by atoms with Crippen LogP contribution in [0.15, 0.2) is 78.2 Å². The molecular formula is C61H87N3O7. The van der Waals surface area contributed by atoms with E-state index >= 15 is 0 Å². The molecule has 10 N–H and O–H groups in total. The highest BCUT2D eigenvalue weighted by molar-refractivity contribution is 5.73. The molecule has 0 radical (unpaired) electrons. The van der Waals surface area contributed by atoms with Gasteiger partial charge in [0.2, 0.25) is 0 Å². The first kappa shape index (κ1) is 52.8. The number of benzene rings is 2. The SMILES string of the molecule is CCCCCC1C=CC(CCCCC2CCC(c3cc(CC)c(-c4cc(O)cc(O)c4Cc4ccc(C(C)C)cc4)[nH]3)C3CC(C4(C5=CCNC(N)=C5)CCCC4)CC3(O)CCC(O)C2C(=O)O)C(O)C1. The third kappa shape index (κ3) is 11.8. The minimum atomic E-state index is -1.16. The number of aliphatic hydroxyl groups is 3. The molecule has 3 aromatic rings. The van der Waals surface area contributed by atoms with Gasteiger partial charge >= 0.3 is 5.97 Å². The van der Waals surface area contributed by atoms with Crippen LogP contribution in [0.2, 0.25) is 0 Å². The number of rotatable bonds is 18. The fourth-order valence-corrected chi connectivity index (χ4v) is 14.5. The molecule has 2 aromatic carbocycles. The summed E-state index contributed by atoms with van der Waals surface area (Å²) >= 11 is 0. The zero-order valence-corrected chi connectivity index (χ0v) is 43.3. The van der Waals surface area contributed by atoms with Crippen LogP contribution >= 0.6 is 0 Å². The first-order chi connectivity index (χ1) is 34.1. The lowest BCUT2D eigenvalue weighted by atomic mass is 9.66. The van der Waals surface area contributed by atoms with Crippen molar-refractivity contribution in [2.75, 3.05) is 6.54 Å². The van der Waals surface area contributed by atoms with Crippen molar-refractivity contribution in [3.05, 3.63) is 106 Å². The molecule has 10 atom stereocenters. The molecular weight excluding hydrogens is 887 g/mol. The minimum absolute atomic E-state index is 0.0215. The van der Waals surface area contributed by atoms with Crippen molar-refractivity contribution in [3.63, 3.8) is 0 Å². The van der Waals surface area contributed by atoms with Gasteiger partial charge in [0.25, 0.3) is 0 Å². The number of phenols is 2. The van der Waals surface area contributed by atoms with Gasteiger partial charge in [-0.1, -0.05) is 115 Å². The standard InChI is InChI=1S/C61H87N3O7/c1-5-7-8-13-39-18-21-43(54(67)31-39)14-9-10-15-44-22-23-48(52-32-41(6-2)58(64-52)50-35-47(65)36-55(68)49(50)30-40-16-19-42(20-17-40)38(3)4)51-33-46(37-61(51,71)28-24-53(66)57(44)59(69)70)60(26-11-12-27-60)45-25-29-63-56(62)34-45/h16-21,25,32,34-36,38-39,43-44,46,48,51,53-54,57,63-68,71H,5-15,22-24,26-31,33,37,62H2,1-4H3,(H,69,70). The van der Waals surface area contributed by atoms with E-state index in [1.165, 1.54) is 36.5 Å². The first-order valence-corrected chi connectivity index (χ1v) is 27.9. The van der Waals surface area contributed by atoms with Gasteiger partial charge in [-0.05, 0) is 159 Å². The molecule has 3 saturated carbocycles. The number of nitrogens with two attached hydrogens (primary N) is 1. The molecule has 388 valence electrons. The summed E-state index contributed by atoms with van der Waals surface area (Å²) in [6.07, 6.45) is 24.7. The van der Waals surface area contributed by atoms with Crippen LogP contribution in [0.3, 0.4) is 0 Å². The third-order valence-electron chi connectivity index (χ3n) is 18.5. The van der Waals surface area contributed by atoms with Gasteiger partial charge in [0.05, 0.1) is 29.5 Å². The highest BCUT2D eigenvalue weighted by Gasteiger charge is 2.57. The lowest BCUT2D eigenvalue weighted by molar-refractivity contribution is -0.150. The fraction of sp³-hybridized carbons (Fsp3) is 0.623. The minimum Gasteiger partial charge on any atom is -0.508 e. The van der Waals surface area contributed by atoms with E-state index < -0.39 is 23.6 Å². The number of aromatic hydroxyl groups is 2. The van der Waals surface area contributed by atoms with Crippen LogP contribution in [0.1, 0.15) is 189 Å². The van der Waals surface area contributed by atoms with Crippen LogP contribution in [-0.4, -0.2) is 65.9 Å². The Labute approximate surface area is 424 Å². The van der Waals surface area contributed by atoms with Crippen LogP contribution in [0.25, 0.3) is 11.3 Å². The zero-order valence-electron chi connectivity index (χ0n) is 43.3. The Morgan fingerprint density at radius 1 is 0.873 bits per heavy atom. The molecule has 1 aliphatic heterocycles. The Morgan fingerprint density at radius 3 is 2.31 bits per heavy atom. The maximum Gasteiger partial charge on any atom is 0.309 e. The summed E-state index contributed by atoms with van der Waals surface area (Å²) in [5.74, 6) is -0.810. The average molecular weight is 974 g/mol. The van der Waals surface area contributed by atoms with E-state index in [2.05, 4.69) is 92.6 Å². The van der Waals surface area contributed by atoms with E-state index in [0.717, 1.165) is 97.8 Å². The number of nitrogens with one attached hydrogen (secondary N) is 2. The molecule has 2 heterocycles. The number of carbonyl (C=O) groups is 1. The normalized spacial score (nSPS) is 29.9. The second-order valence-electron chi connectivity index (χ2n) is 23.2. The molecule has 0 saturated heterocycles. The Kier molecular flexibility index (Phi) is 17.2. The lowest BCUT2D eigenvalue weighted by Gasteiger charge is -2.40. The van der Waals surface area contributed by atoms with Crippen molar-refractivity contribution in [2.45, 2.75) is 192 Å². The van der Waals surface area contributed by atoms with Gasteiger partial charge in [-0.25, -0.2) is 0 Å². The highest BCUT2D eigenvalue weighted by atomic mass is 16.4. The maximum absolute atomic E-state index is 13.4. The quantitative estimate of drug-likeness (QED) is 0.0441. The number of aromatic amines is 1. The Bertz CT molecular complexity index is 2360. The van der Waals surface area contributed by atoms with E-state index in [4.69, 9.17) is 5.73 Å². The van der Waals surface area contributed by atoms with Gasteiger partial charge in [-0.3, -0.25) is 4.79 Å². The summed E-state index contributed by atoms with van der Waals surface area (Å²) in [6.45, 7) is 9.36. The van der Waals surface area contributed by atoms with Crippen LogP contribution in [0.4, 0.5) is 0 Å². The third-order valence-corrected chi connectivity index (χ3v) is 18.5. The van der Waals surface area contributed by atoms with Crippen molar-refractivity contribution in [2.24, 2.45) is 46.7 Å². The summed E-state index contributed by atoms with van der Waals surface area (Å²) in [5.41, 5.74) is 13.0. The number of dihydropyridines is 1. The second-order valence-corrected chi connectivity index (χ2v) is 23.2.